The van der Waals surface area contributed by atoms with Crippen molar-refractivity contribution >= 4 is 5.91 Å². The number of aryl methyl sites for hydroxylation is 3. The standard InChI is InChI=1S/C23H25N3O2/c1-26-14-13-24-22(26)21(17-9-11-20(28-2)12-10-17)25-23(27)19-8-7-16-5-3-4-6-18(16)15-19/h7-15,21H,3-6H2,1-2H3,(H,25,27). The molecule has 0 radical (unpaired) electrons. The van der Waals surface area contributed by atoms with Gasteiger partial charge >= 0.3 is 0 Å². The number of imidazole rings is 1. The smallest absolute Gasteiger partial charge is 0.252 e. The molecule has 1 amide bonds. The number of amides is 1. The molecule has 1 N–H and O–H groups in total. The molecule has 5 heteroatoms. The number of methoxy groups -OCH3 is 1. The second kappa shape index (κ2) is 7.89. The Balaban J connectivity index is 1.63. The summed E-state index contributed by atoms with van der Waals surface area (Å²) in [6, 6.07) is 13.5. The van der Waals surface area contributed by atoms with Gasteiger partial charge in [0, 0.05) is 25.0 Å². The van der Waals surface area contributed by atoms with E-state index in [1.54, 1.807) is 13.3 Å². The molecule has 5 nitrogen and oxygen atoms in total. The van der Waals surface area contributed by atoms with Crippen LogP contribution in [0.15, 0.2) is 54.9 Å². The summed E-state index contributed by atoms with van der Waals surface area (Å²) in [6.45, 7) is 0. The predicted molar refractivity (Wildman–Crippen MR) is 109 cm³/mol. The number of fused-ring (bicyclic) bond motifs is 1. The van der Waals surface area contributed by atoms with Crippen molar-refractivity contribution in [2.24, 2.45) is 7.05 Å². The highest BCUT2D eigenvalue weighted by Crippen LogP contribution is 2.25. The van der Waals surface area contributed by atoms with Crippen molar-refractivity contribution in [3.05, 3.63) is 82.9 Å². The summed E-state index contributed by atoms with van der Waals surface area (Å²) in [5.74, 6) is 1.48. The highest BCUT2D eigenvalue weighted by molar-refractivity contribution is 5.95. The molecule has 1 aliphatic carbocycles. The van der Waals surface area contributed by atoms with Gasteiger partial charge in [-0.05, 0) is 66.6 Å². The van der Waals surface area contributed by atoms with Crippen LogP contribution in [0.2, 0.25) is 0 Å². The van der Waals surface area contributed by atoms with Gasteiger partial charge in [-0.2, -0.15) is 0 Å². The lowest BCUT2D eigenvalue weighted by atomic mass is 9.90. The molecule has 144 valence electrons. The van der Waals surface area contributed by atoms with E-state index < -0.39 is 0 Å². The molecule has 0 saturated carbocycles. The molecule has 1 aliphatic rings. The molecule has 28 heavy (non-hydrogen) atoms. The summed E-state index contributed by atoms with van der Waals surface area (Å²) in [5.41, 5.74) is 4.34. The van der Waals surface area contributed by atoms with E-state index in [0.717, 1.165) is 30.0 Å². The van der Waals surface area contributed by atoms with E-state index in [-0.39, 0.29) is 11.9 Å². The maximum absolute atomic E-state index is 13.1. The molecular formula is C23H25N3O2. The fourth-order valence-corrected chi connectivity index (χ4v) is 3.84. The van der Waals surface area contributed by atoms with Crippen molar-refractivity contribution in [2.75, 3.05) is 7.11 Å². The van der Waals surface area contributed by atoms with E-state index in [9.17, 15) is 4.79 Å². The summed E-state index contributed by atoms with van der Waals surface area (Å²) in [4.78, 5) is 17.5. The second-order valence-corrected chi connectivity index (χ2v) is 7.27. The van der Waals surface area contributed by atoms with Gasteiger partial charge in [-0.1, -0.05) is 18.2 Å². The third kappa shape index (κ3) is 3.65. The number of carbonyl (C=O) groups is 1. The first kappa shape index (κ1) is 18.3. The van der Waals surface area contributed by atoms with Crippen LogP contribution in [-0.2, 0) is 19.9 Å². The van der Waals surface area contributed by atoms with Gasteiger partial charge in [0.05, 0.1) is 7.11 Å². The van der Waals surface area contributed by atoms with E-state index in [2.05, 4.69) is 16.4 Å². The minimum atomic E-state index is -0.338. The van der Waals surface area contributed by atoms with Gasteiger partial charge in [0.1, 0.15) is 17.6 Å². The lowest BCUT2D eigenvalue weighted by molar-refractivity contribution is 0.0941. The van der Waals surface area contributed by atoms with Crippen LogP contribution in [0.3, 0.4) is 0 Å². The zero-order chi connectivity index (χ0) is 19.5. The van der Waals surface area contributed by atoms with Gasteiger partial charge in [-0.25, -0.2) is 4.98 Å². The first-order valence-electron chi connectivity index (χ1n) is 9.69. The molecule has 1 unspecified atom stereocenters. The van der Waals surface area contributed by atoms with Crippen LogP contribution in [-0.4, -0.2) is 22.6 Å². The predicted octanol–water partition coefficient (Wildman–Crippen LogP) is 3.83. The molecule has 4 rings (SSSR count). The number of hydrogen-bond donors (Lipinski definition) is 1. The number of carbonyl (C=O) groups excluding carboxylic acids is 1. The Morgan fingerprint density at radius 2 is 1.86 bits per heavy atom. The fourth-order valence-electron chi connectivity index (χ4n) is 3.84. The number of ether oxygens (including phenoxy) is 1. The van der Waals surface area contributed by atoms with Crippen LogP contribution in [0.25, 0.3) is 0 Å². The van der Waals surface area contributed by atoms with E-state index >= 15 is 0 Å². The SMILES string of the molecule is COc1ccc(C(NC(=O)c2ccc3c(c2)CCCC3)c2nccn2C)cc1. The first-order chi connectivity index (χ1) is 13.7. The third-order valence-corrected chi connectivity index (χ3v) is 5.45. The maximum atomic E-state index is 13.1. The minimum Gasteiger partial charge on any atom is -0.497 e. The van der Waals surface area contributed by atoms with Crippen LogP contribution in [0.1, 0.15) is 51.8 Å². The van der Waals surface area contributed by atoms with Gasteiger partial charge in [0.25, 0.3) is 5.91 Å². The van der Waals surface area contributed by atoms with Crippen LogP contribution in [0.5, 0.6) is 5.75 Å². The Labute approximate surface area is 165 Å². The van der Waals surface area contributed by atoms with Crippen molar-refractivity contribution < 1.29 is 9.53 Å². The fraction of sp³-hybridized carbons (Fsp3) is 0.304. The second-order valence-electron chi connectivity index (χ2n) is 7.27. The Morgan fingerprint density at radius 1 is 1.11 bits per heavy atom. The Kier molecular flexibility index (Phi) is 5.15. The molecule has 3 aromatic rings. The molecule has 1 aromatic heterocycles. The van der Waals surface area contributed by atoms with Crippen LogP contribution in [0.4, 0.5) is 0 Å². The maximum Gasteiger partial charge on any atom is 0.252 e. The van der Waals surface area contributed by atoms with Gasteiger partial charge in [0.2, 0.25) is 0 Å². The summed E-state index contributed by atoms with van der Waals surface area (Å²) in [5, 5.41) is 3.17. The van der Waals surface area contributed by atoms with Crippen molar-refractivity contribution in [3.63, 3.8) is 0 Å². The Bertz CT molecular complexity index is 976. The molecule has 1 atom stereocenters. The largest absolute Gasteiger partial charge is 0.497 e. The quantitative estimate of drug-likeness (QED) is 0.737. The van der Waals surface area contributed by atoms with E-state index in [1.807, 2.05) is 54.2 Å². The number of benzene rings is 2. The normalized spacial score (nSPS) is 14.2. The molecule has 2 aromatic carbocycles. The Hall–Kier alpha value is -3.08. The molecule has 1 heterocycles. The average molecular weight is 375 g/mol. The highest BCUT2D eigenvalue weighted by Gasteiger charge is 2.22. The topological polar surface area (TPSA) is 56.1 Å². The summed E-state index contributed by atoms with van der Waals surface area (Å²) in [7, 11) is 3.58. The van der Waals surface area contributed by atoms with Crippen molar-refractivity contribution in [1.29, 1.82) is 0 Å². The minimum absolute atomic E-state index is 0.0859. The molecule has 0 fully saturated rings. The molecule has 0 spiro atoms. The summed E-state index contributed by atoms with van der Waals surface area (Å²) >= 11 is 0. The van der Waals surface area contributed by atoms with E-state index in [4.69, 9.17) is 4.74 Å². The molecule has 0 saturated heterocycles. The lowest BCUT2D eigenvalue weighted by Gasteiger charge is -2.21. The van der Waals surface area contributed by atoms with E-state index in [1.165, 1.54) is 24.0 Å². The van der Waals surface area contributed by atoms with Crippen molar-refractivity contribution in [2.45, 2.75) is 31.7 Å². The monoisotopic (exact) mass is 375 g/mol. The summed E-state index contributed by atoms with van der Waals surface area (Å²) < 4.78 is 7.19. The van der Waals surface area contributed by atoms with Gasteiger partial charge in [0.15, 0.2) is 0 Å². The number of rotatable bonds is 5. The number of aromatic nitrogens is 2. The van der Waals surface area contributed by atoms with Crippen molar-refractivity contribution in [3.8, 4) is 5.75 Å². The van der Waals surface area contributed by atoms with Gasteiger partial charge in [-0.3, -0.25) is 4.79 Å². The first-order valence-corrected chi connectivity index (χ1v) is 9.69. The van der Waals surface area contributed by atoms with Crippen LogP contribution < -0.4 is 10.1 Å². The molecule has 0 aliphatic heterocycles. The Morgan fingerprint density at radius 3 is 2.54 bits per heavy atom. The highest BCUT2D eigenvalue weighted by atomic mass is 16.5. The lowest BCUT2D eigenvalue weighted by Crippen LogP contribution is -2.31. The number of nitrogens with one attached hydrogen (secondary N) is 1. The van der Waals surface area contributed by atoms with Crippen LogP contribution >= 0.6 is 0 Å². The zero-order valence-corrected chi connectivity index (χ0v) is 16.3. The van der Waals surface area contributed by atoms with E-state index in [0.29, 0.717) is 5.56 Å². The molecule has 0 bridgehead atoms. The number of hydrogen-bond acceptors (Lipinski definition) is 3. The zero-order valence-electron chi connectivity index (χ0n) is 16.3. The third-order valence-electron chi connectivity index (χ3n) is 5.45. The number of nitrogens with zero attached hydrogens (tertiary/aromatic N) is 2. The average Bonchev–Trinajstić information content (AvgIpc) is 3.17. The van der Waals surface area contributed by atoms with Crippen molar-refractivity contribution in [1.82, 2.24) is 14.9 Å². The van der Waals surface area contributed by atoms with Crippen LogP contribution in [0, 0.1) is 0 Å². The molecular weight excluding hydrogens is 350 g/mol. The summed E-state index contributed by atoms with van der Waals surface area (Å²) in [6.07, 6.45) is 8.22. The van der Waals surface area contributed by atoms with Gasteiger partial charge in [-0.15, -0.1) is 0 Å². The van der Waals surface area contributed by atoms with Gasteiger partial charge < -0.3 is 14.6 Å².